The topological polar surface area (TPSA) is 26.0 Å². The minimum atomic E-state index is -0.243. The van der Waals surface area contributed by atoms with E-state index in [9.17, 15) is 0 Å². The molecule has 2 N–H and O–H groups in total. The largest absolute Gasteiger partial charge is 0.320 e. The van der Waals surface area contributed by atoms with Crippen molar-refractivity contribution in [1.82, 2.24) is 0 Å². The Hall–Kier alpha value is -3.16. The third kappa shape index (κ3) is 6.00. The van der Waals surface area contributed by atoms with Gasteiger partial charge < -0.3 is 5.73 Å². The van der Waals surface area contributed by atoms with Crippen molar-refractivity contribution < 1.29 is 0 Å². The van der Waals surface area contributed by atoms with Crippen LogP contribution in [0.15, 0.2) is 71.8 Å². The van der Waals surface area contributed by atoms with Crippen LogP contribution in [0.5, 0.6) is 0 Å². The molecule has 0 saturated heterocycles. The molecule has 0 saturated carbocycles. The number of allylic oxidation sites excluding steroid dienone is 3. The number of benzene rings is 3. The predicted octanol–water partition coefficient (Wildman–Crippen LogP) is 11.0. The van der Waals surface area contributed by atoms with Gasteiger partial charge in [-0.2, -0.15) is 0 Å². The predicted molar refractivity (Wildman–Crippen MR) is 184 cm³/mol. The quantitative estimate of drug-likeness (QED) is 0.332. The third-order valence-electron chi connectivity index (χ3n) is 9.90. The molecule has 1 heteroatoms. The number of aryl methyl sites for hydroxylation is 6. The highest BCUT2D eigenvalue weighted by atomic mass is 14.6. The average Bonchev–Trinajstić information content (AvgIpc) is 2.89. The first-order chi connectivity index (χ1) is 19.6. The Balaban J connectivity index is 2.10. The first kappa shape index (κ1) is 31.8. The molecule has 0 fully saturated rings. The van der Waals surface area contributed by atoms with Crippen LogP contribution in [0.25, 0.3) is 0 Å². The second kappa shape index (κ2) is 12.2. The highest BCUT2D eigenvalue weighted by Gasteiger charge is 2.25. The smallest absolute Gasteiger partial charge is 0.0556 e. The first-order valence-corrected chi connectivity index (χ1v) is 15.8. The van der Waals surface area contributed by atoms with Gasteiger partial charge in [-0.25, -0.2) is 0 Å². The van der Waals surface area contributed by atoms with Gasteiger partial charge in [-0.05, 0) is 138 Å². The summed E-state index contributed by atoms with van der Waals surface area (Å²) in [4.78, 5) is 0. The maximum atomic E-state index is 7.26. The molecule has 6 bridgehead atoms. The molecule has 3 aromatic carbocycles. The van der Waals surface area contributed by atoms with Gasteiger partial charge in [-0.3, -0.25) is 0 Å². The summed E-state index contributed by atoms with van der Waals surface area (Å²) in [6.07, 6.45) is 4.63. The summed E-state index contributed by atoms with van der Waals surface area (Å²) in [6.45, 7) is 31.9. The summed E-state index contributed by atoms with van der Waals surface area (Å²) in [5.74, 6) is 1.14. The summed E-state index contributed by atoms with van der Waals surface area (Å²) < 4.78 is 0. The van der Waals surface area contributed by atoms with Crippen molar-refractivity contribution in [3.05, 3.63) is 139 Å². The van der Waals surface area contributed by atoms with Gasteiger partial charge in [0.05, 0.1) is 6.04 Å². The second-order valence-corrected chi connectivity index (χ2v) is 13.6. The lowest BCUT2D eigenvalue weighted by Gasteiger charge is -2.28. The van der Waals surface area contributed by atoms with Gasteiger partial charge in [0.1, 0.15) is 0 Å². The molecule has 0 aromatic heterocycles. The van der Waals surface area contributed by atoms with E-state index in [2.05, 4.69) is 138 Å². The van der Waals surface area contributed by atoms with Gasteiger partial charge in [-0.1, -0.05) is 89.7 Å². The van der Waals surface area contributed by atoms with E-state index in [0.29, 0.717) is 5.92 Å². The van der Waals surface area contributed by atoms with Gasteiger partial charge in [0, 0.05) is 17.8 Å². The van der Waals surface area contributed by atoms with Crippen molar-refractivity contribution in [3.63, 3.8) is 0 Å². The molecule has 0 aliphatic heterocycles. The van der Waals surface area contributed by atoms with Crippen LogP contribution < -0.4 is 5.73 Å². The molecule has 42 heavy (non-hydrogen) atoms. The monoisotopic (exact) mass is 559 g/mol. The summed E-state index contributed by atoms with van der Waals surface area (Å²) in [5.41, 5.74) is 26.8. The van der Waals surface area contributed by atoms with Crippen LogP contribution in [-0.2, 0) is 0 Å². The maximum absolute atomic E-state index is 7.26. The highest BCUT2D eigenvalue weighted by molar-refractivity contribution is 5.55. The Morgan fingerprint density at radius 1 is 0.619 bits per heavy atom. The Kier molecular flexibility index (Phi) is 9.24. The minimum Gasteiger partial charge on any atom is -0.320 e. The van der Waals surface area contributed by atoms with E-state index >= 15 is 0 Å². The number of fused-ring (bicyclic) bond motifs is 6. The van der Waals surface area contributed by atoms with Gasteiger partial charge >= 0.3 is 0 Å². The number of rotatable bonds is 2. The van der Waals surface area contributed by atoms with Crippen LogP contribution in [0.3, 0.4) is 0 Å². The maximum Gasteiger partial charge on any atom is 0.0556 e. The molecule has 4 rings (SSSR count). The van der Waals surface area contributed by atoms with Crippen molar-refractivity contribution in [3.8, 4) is 0 Å². The molecule has 1 nitrogen and oxygen atoms in total. The standard InChI is InChI=1S/C41H53N/c1-22(2)14-24(4)39-18-23(3)31(11)34-19-35(26(6)15-25(34)5)32(12)36-20-37(28(8)16-27(36)7)33(13)38-21-40(41(39)42)30(10)17-29(38)9/h14-22,31-33,41H,3,42H2,1-2,4-13H3/b24-14-,39-18+. The fourth-order valence-electron chi connectivity index (χ4n) is 7.40. The molecule has 0 amide bonds. The molecule has 222 valence electrons. The van der Waals surface area contributed by atoms with Crippen molar-refractivity contribution >= 4 is 0 Å². The van der Waals surface area contributed by atoms with Crippen molar-refractivity contribution in [1.29, 1.82) is 0 Å². The second-order valence-electron chi connectivity index (χ2n) is 13.6. The van der Waals surface area contributed by atoms with Crippen LogP contribution in [0.4, 0.5) is 0 Å². The summed E-state index contributed by atoms with van der Waals surface area (Å²) in [5, 5.41) is 0. The van der Waals surface area contributed by atoms with Crippen molar-refractivity contribution in [2.45, 2.75) is 107 Å². The number of hydrogen-bond acceptors (Lipinski definition) is 1. The Morgan fingerprint density at radius 3 is 1.33 bits per heavy atom. The Bertz CT molecular complexity index is 1590. The van der Waals surface area contributed by atoms with E-state index in [1.165, 1.54) is 72.3 Å². The summed E-state index contributed by atoms with van der Waals surface area (Å²) >= 11 is 0. The normalized spacial score (nSPS) is 22.8. The zero-order valence-corrected chi connectivity index (χ0v) is 28.3. The lowest BCUT2D eigenvalue weighted by atomic mass is 9.78. The van der Waals surface area contributed by atoms with Gasteiger partial charge in [0.25, 0.3) is 0 Å². The molecule has 1 aliphatic rings. The van der Waals surface area contributed by atoms with E-state index in [1.807, 2.05) is 0 Å². The van der Waals surface area contributed by atoms with E-state index in [4.69, 9.17) is 5.73 Å². The summed E-state index contributed by atoms with van der Waals surface area (Å²) in [6, 6.07) is 14.2. The lowest BCUT2D eigenvalue weighted by molar-refractivity contribution is 0.792. The Labute approximate surface area is 256 Å². The zero-order valence-electron chi connectivity index (χ0n) is 28.3. The van der Waals surface area contributed by atoms with Gasteiger partial charge in [0.2, 0.25) is 0 Å². The lowest BCUT2D eigenvalue weighted by Crippen LogP contribution is -2.18. The van der Waals surface area contributed by atoms with Gasteiger partial charge in [-0.15, -0.1) is 0 Å². The molecule has 4 atom stereocenters. The molecular formula is C41H53N. The molecular weight excluding hydrogens is 506 g/mol. The van der Waals surface area contributed by atoms with E-state index in [0.717, 1.165) is 11.1 Å². The fraction of sp³-hybridized carbons (Fsp3) is 0.415. The van der Waals surface area contributed by atoms with Crippen LogP contribution in [0.1, 0.15) is 132 Å². The molecule has 0 radical (unpaired) electrons. The molecule has 0 spiro atoms. The zero-order chi connectivity index (χ0) is 31.2. The third-order valence-corrected chi connectivity index (χ3v) is 9.90. The van der Waals surface area contributed by atoms with E-state index < -0.39 is 0 Å². The fourth-order valence-corrected chi connectivity index (χ4v) is 7.40. The van der Waals surface area contributed by atoms with Gasteiger partial charge in [0.15, 0.2) is 0 Å². The first-order valence-electron chi connectivity index (χ1n) is 15.8. The molecule has 4 unspecified atom stereocenters. The van der Waals surface area contributed by atoms with Crippen LogP contribution in [0, 0.1) is 47.5 Å². The van der Waals surface area contributed by atoms with Crippen LogP contribution >= 0.6 is 0 Å². The summed E-state index contributed by atoms with van der Waals surface area (Å²) in [7, 11) is 0. The SMILES string of the molecule is C=C1/C=C(\C(C)=C/C(C)C)C(N)c2cc(c(C)cc2C)C(C)c2cc(c(C)cc2C)C(C)c2cc(c(C)cc2C)C1C. The van der Waals surface area contributed by atoms with Crippen molar-refractivity contribution in [2.24, 2.45) is 11.7 Å². The minimum absolute atomic E-state index is 0.169. The highest BCUT2D eigenvalue weighted by Crippen LogP contribution is 2.41. The number of hydrogen-bond donors (Lipinski definition) is 1. The van der Waals surface area contributed by atoms with Crippen molar-refractivity contribution in [2.75, 3.05) is 0 Å². The molecule has 0 heterocycles. The molecule has 3 aromatic rings. The van der Waals surface area contributed by atoms with Crippen LogP contribution in [0.2, 0.25) is 0 Å². The van der Waals surface area contributed by atoms with E-state index in [1.54, 1.807) is 0 Å². The van der Waals surface area contributed by atoms with Crippen LogP contribution in [-0.4, -0.2) is 0 Å². The van der Waals surface area contributed by atoms with E-state index in [-0.39, 0.29) is 23.8 Å². The number of nitrogens with two attached hydrogens (primary N) is 1. The molecule has 1 aliphatic carbocycles. The Morgan fingerprint density at radius 2 is 0.952 bits per heavy atom. The average molecular weight is 560 g/mol.